The summed E-state index contributed by atoms with van der Waals surface area (Å²) in [5.74, 6) is -0.0502. The quantitative estimate of drug-likeness (QED) is 0.437. The van der Waals surface area contributed by atoms with Crippen molar-refractivity contribution in [3.8, 4) is 0 Å². The summed E-state index contributed by atoms with van der Waals surface area (Å²) in [6.07, 6.45) is 7.54. The maximum atomic E-state index is 11.9. The molecule has 1 spiro atoms. The predicted octanol–water partition coefficient (Wildman–Crippen LogP) is 3.62. The Morgan fingerprint density at radius 1 is 0.889 bits per heavy atom. The zero-order valence-electron chi connectivity index (χ0n) is 22.8. The average Bonchev–Trinajstić information content (AvgIpc) is 3.12. The second-order valence-corrected chi connectivity index (χ2v) is 16.0. The minimum Gasteiger partial charge on any atom is -0.365 e. The largest absolute Gasteiger partial charge is 0.365 e. The minimum atomic E-state index is -3.71. The van der Waals surface area contributed by atoms with Gasteiger partial charge in [-0.2, -0.15) is 16.8 Å². The van der Waals surface area contributed by atoms with Crippen molar-refractivity contribution < 1.29 is 39.4 Å². The molecule has 4 aliphatic rings. The fourth-order valence-corrected chi connectivity index (χ4v) is 8.76. The average molecular weight is 553 g/mol. The Labute approximate surface area is 217 Å². The SMILES string of the molecule is C[C@@H]1CC[C@@H]2[C@]3(C)COC(C)(C)O[C@@H]3CC[C@]2(C)[C@@]12CC[C@@](CCOS(C)(=O)=O)(COS(C)(=O)=O)O2. The van der Waals surface area contributed by atoms with Crippen LogP contribution in [0.15, 0.2) is 0 Å². The van der Waals surface area contributed by atoms with Gasteiger partial charge in [-0.3, -0.25) is 8.37 Å². The van der Waals surface area contributed by atoms with Gasteiger partial charge in [0.2, 0.25) is 0 Å². The highest BCUT2D eigenvalue weighted by atomic mass is 32.2. The predicted molar refractivity (Wildman–Crippen MR) is 134 cm³/mol. The Morgan fingerprint density at radius 3 is 2.19 bits per heavy atom. The van der Waals surface area contributed by atoms with Crippen molar-refractivity contribution >= 4 is 20.2 Å². The van der Waals surface area contributed by atoms with E-state index < -0.39 is 37.2 Å². The molecule has 0 aromatic carbocycles. The molecule has 9 nitrogen and oxygen atoms in total. The Balaban J connectivity index is 1.66. The Kier molecular flexibility index (Phi) is 7.28. The molecule has 0 bridgehead atoms. The van der Waals surface area contributed by atoms with Crippen LogP contribution in [0.1, 0.15) is 79.6 Å². The lowest BCUT2D eigenvalue weighted by Gasteiger charge is -2.67. The van der Waals surface area contributed by atoms with Gasteiger partial charge in [-0.1, -0.05) is 20.8 Å². The number of hydrogen-bond donors (Lipinski definition) is 0. The van der Waals surface area contributed by atoms with Crippen LogP contribution in [0.3, 0.4) is 0 Å². The second kappa shape index (κ2) is 9.13. The summed E-state index contributed by atoms with van der Waals surface area (Å²) in [5.41, 5.74) is -1.80. The van der Waals surface area contributed by atoms with Gasteiger partial charge in [0.25, 0.3) is 20.2 Å². The van der Waals surface area contributed by atoms with Crippen molar-refractivity contribution in [3.63, 3.8) is 0 Å². The molecule has 0 amide bonds. The summed E-state index contributed by atoms with van der Waals surface area (Å²) in [6.45, 7) is 11.2. The molecule has 4 fully saturated rings. The summed E-state index contributed by atoms with van der Waals surface area (Å²) < 4.78 is 77.1. The molecule has 2 saturated carbocycles. The van der Waals surface area contributed by atoms with Crippen LogP contribution in [0.5, 0.6) is 0 Å². The van der Waals surface area contributed by atoms with E-state index in [2.05, 4.69) is 20.8 Å². The number of rotatable bonds is 7. The summed E-state index contributed by atoms with van der Waals surface area (Å²) in [4.78, 5) is 0. The van der Waals surface area contributed by atoms with Crippen LogP contribution in [-0.4, -0.2) is 72.3 Å². The highest BCUT2D eigenvalue weighted by Gasteiger charge is 2.70. The molecule has 2 aliphatic carbocycles. The van der Waals surface area contributed by atoms with Crippen LogP contribution in [-0.2, 0) is 42.8 Å². The van der Waals surface area contributed by atoms with Gasteiger partial charge in [-0.25, -0.2) is 0 Å². The molecule has 2 saturated heterocycles. The highest BCUT2D eigenvalue weighted by molar-refractivity contribution is 7.86. The third kappa shape index (κ3) is 5.14. The van der Waals surface area contributed by atoms with Crippen LogP contribution < -0.4 is 0 Å². The minimum absolute atomic E-state index is 0.0902. The molecule has 11 heteroatoms. The normalized spacial score (nSPS) is 44.8. The van der Waals surface area contributed by atoms with Gasteiger partial charge >= 0.3 is 0 Å². The lowest BCUT2D eigenvalue weighted by Crippen LogP contribution is -2.69. The molecule has 210 valence electrons. The van der Waals surface area contributed by atoms with E-state index in [1.807, 2.05) is 13.8 Å². The van der Waals surface area contributed by atoms with Gasteiger partial charge in [0.05, 0.1) is 49.6 Å². The van der Waals surface area contributed by atoms with Gasteiger partial charge in [-0.15, -0.1) is 0 Å². The fourth-order valence-electron chi connectivity index (χ4n) is 7.94. The first kappa shape index (κ1) is 28.7. The summed E-state index contributed by atoms with van der Waals surface area (Å²) >= 11 is 0. The second-order valence-electron chi connectivity index (χ2n) is 12.7. The molecule has 2 aliphatic heterocycles. The van der Waals surface area contributed by atoms with Gasteiger partial charge in [0, 0.05) is 17.3 Å². The maximum absolute atomic E-state index is 11.9. The molecule has 4 rings (SSSR count). The van der Waals surface area contributed by atoms with Crippen LogP contribution in [0.4, 0.5) is 0 Å². The van der Waals surface area contributed by atoms with Crippen molar-refractivity contribution in [1.82, 2.24) is 0 Å². The summed E-state index contributed by atoms with van der Waals surface area (Å²) in [7, 11) is -7.34. The van der Waals surface area contributed by atoms with E-state index in [0.717, 1.165) is 44.6 Å². The van der Waals surface area contributed by atoms with Gasteiger partial charge in [-0.05, 0) is 64.2 Å². The van der Waals surface area contributed by atoms with Gasteiger partial charge in [0.15, 0.2) is 5.79 Å². The van der Waals surface area contributed by atoms with E-state index in [0.29, 0.717) is 18.9 Å². The van der Waals surface area contributed by atoms with E-state index in [9.17, 15) is 16.8 Å². The van der Waals surface area contributed by atoms with Crippen LogP contribution >= 0.6 is 0 Å². The molecular weight excluding hydrogens is 508 g/mol. The molecule has 7 atom stereocenters. The first-order valence-corrected chi connectivity index (χ1v) is 16.7. The third-order valence-electron chi connectivity index (χ3n) is 9.78. The summed E-state index contributed by atoms with van der Waals surface area (Å²) in [6, 6.07) is 0. The van der Waals surface area contributed by atoms with Crippen LogP contribution in [0.2, 0.25) is 0 Å². The van der Waals surface area contributed by atoms with Crippen molar-refractivity contribution in [2.24, 2.45) is 22.7 Å². The van der Waals surface area contributed by atoms with Crippen LogP contribution in [0.25, 0.3) is 0 Å². The Bertz CT molecular complexity index is 1060. The molecule has 2 heterocycles. The smallest absolute Gasteiger partial charge is 0.264 e. The highest BCUT2D eigenvalue weighted by Crippen LogP contribution is 2.69. The van der Waals surface area contributed by atoms with E-state index in [1.54, 1.807) is 0 Å². The molecule has 0 aromatic heterocycles. The molecule has 0 aromatic rings. The van der Waals surface area contributed by atoms with Crippen molar-refractivity contribution in [2.75, 3.05) is 32.3 Å². The lowest BCUT2D eigenvalue weighted by molar-refractivity contribution is -0.359. The zero-order chi connectivity index (χ0) is 26.8. The van der Waals surface area contributed by atoms with E-state index in [-0.39, 0.29) is 42.5 Å². The first-order chi connectivity index (χ1) is 16.4. The third-order valence-corrected chi connectivity index (χ3v) is 10.9. The van der Waals surface area contributed by atoms with E-state index in [4.69, 9.17) is 22.6 Å². The molecular formula is C25H44O9S2. The fraction of sp³-hybridized carbons (Fsp3) is 1.00. The molecule has 0 radical (unpaired) electrons. The Hall–Kier alpha value is -0.300. The van der Waals surface area contributed by atoms with Crippen molar-refractivity contribution in [2.45, 2.75) is 103 Å². The van der Waals surface area contributed by atoms with E-state index in [1.165, 1.54) is 0 Å². The monoisotopic (exact) mass is 552 g/mol. The molecule has 36 heavy (non-hydrogen) atoms. The molecule has 0 N–H and O–H groups in total. The van der Waals surface area contributed by atoms with Gasteiger partial charge < -0.3 is 14.2 Å². The van der Waals surface area contributed by atoms with Crippen molar-refractivity contribution in [1.29, 1.82) is 0 Å². The number of fused-ring (bicyclic) bond motifs is 4. The summed E-state index contributed by atoms with van der Waals surface area (Å²) in [5, 5.41) is 0. The lowest BCUT2D eigenvalue weighted by atomic mass is 9.43. The number of hydrogen-bond acceptors (Lipinski definition) is 9. The van der Waals surface area contributed by atoms with Crippen molar-refractivity contribution in [3.05, 3.63) is 0 Å². The standard InChI is InChI=1S/C25H44O9S2/c1-18-8-9-19-22(4)16-30-21(2,3)33-20(22)10-11-23(19,5)25(18)13-12-24(34-25,17-32-36(7,28)29)14-15-31-35(6,26)27/h18-20H,8-17H2,1-7H3/t18-,19-,20-,22+,23+,24-,25-/m1/s1. The molecule has 0 unspecified atom stereocenters. The zero-order valence-corrected chi connectivity index (χ0v) is 24.4. The van der Waals surface area contributed by atoms with Crippen LogP contribution in [0, 0.1) is 22.7 Å². The maximum Gasteiger partial charge on any atom is 0.264 e. The van der Waals surface area contributed by atoms with Gasteiger partial charge in [0.1, 0.15) is 0 Å². The van der Waals surface area contributed by atoms with E-state index >= 15 is 0 Å². The number of ether oxygens (including phenoxy) is 3. The Morgan fingerprint density at radius 2 is 1.56 bits per heavy atom. The first-order valence-electron chi connectivity index (χ1n) is 13.1. The topological polar surface area (TPSA) is 114 Å².